The number of imidazole rings is 1. The van der Waals surface area contributed by atoms with E-state index in [0.29, 0.717) is 5.69 Å². The van der Waals surface area contributed by atoms with Gasteiger partial charge in [-0.15, -0.1) is 0 Å². The first kappa shape index (κ1) is 6.84. The fourth-order valence-electron chi connectivity index (χ4n) is 1.17. The topological polar surface area (TPSA) is 67.2 Å². The normalized spacial score (nSPS) is 10.3. The first-order valence-corrected chi connectivity index (χ1v) is 3.55. The van der Waals surface area contributed by atoms with Crippen LogP contribution in [0.25, 0.3) is 5.65 Å². The van der Waals surface area contributed by atoms with E-state index in [0.717, 1.165) is 5.65 Å². The van der Waals surface area contributed by atoms with Gasteiger partial charge in [-0.05, 0) is 12.1 Å². The Labute approximate surface area is 69.2 Å². The highest BCUT2D eigenvalue weighted by molar-refractivity contribution is 5.93. The number of hydrogen-bond acceptors (Lipinski definition) is 2. The Morgan fingerprint density at radius 1 is 1.50 bits per heavy atom. The predicted molar refractivity (Wildman–Crippen MR) is 46.2 cm³/mol. The van der Waals surface area contributed by atoms with E-state index in [1.54, 1.807) is 22.9 Å². The Morgan fingerprint density at radius 3 is 3.08 bits per heavy atom. The minimum absolute atomic E-state index is 0.0543. The summed E-state index contributed by atoms with van der Waals surface area (Å²) in [6.45, 7) is 0. The van der Waals surface area contributed by atoms with Crippen LogP contribution >= 0.6 is 0 Å². The highest BCUT2D eigenvalue weighted by Crippen LogP contribution is 2.04. The Hall–Kier alpha value is -1.84. The molecule has 0 radical (unpaired) electrons. The average molecular weight is 160 g/mol. The molecule has 0 saturated heterocycles. The molecule has 0 aromatic carbocycles. The first-order chi connectivity index (χ1) is 5.79. The molecule has 0 amide bonds. The van der Waals surface area contributed by atoms with E-state index < -0.39 is 0 Å². The summed E-state index contributed by atoms with van der Waals surface area (Å²) < 4.78 is 1.78. The van der Waals surface area contributed by atoms with E-state index in [1.807, 2.05) is 12.1 Å². The van der Waals surface area contributed by atoms with E-state index in [2.05, 4.69) is 4.98 Å². The van der Waals surface area contributed by atoms with Crippen molar-refractivity contribution in [2.24, 2.45) is 5.73 Å². The van der Waals surface area contributed by atoms with Crippen molar-refractivity contribution in [3.05, 3.63) is 36.3 Å². The zero-order valence-electron chi connectivity index (χ0n) is 6.36. The minimum atomic E-state index is 0.0543. The van der Waals surface area contributed by atoms with Crippen LogP contribution in [-0.2, 0) is 0 Å². The first-order valence-electron chi connectivity index (χ1n) is 3.55. The van der Waals surface area contributed by atoms with Crippen molar-refractivity contribution in [3.63, 3.8) is 0 Å². The lowest BCUT2D eigenvalue weighted by molar-refractivity contribution is 1.14. The van der Waals surface area contributed by atoms with Crippen LogP contribution in [-0.4, -0.2) is 15.2 Å². The third kappa shape index (κ3) is 0.852. The molecule has 0 unspecified atom stereocenters. The highest BCUT2D eigenvalue weighted by Gasteiger charge is 2.01. The molecule has 0 saturated carbocycles. The molecule has 3 N–H and O–H groups in total. The van der Waals surface area contributed by atoms with Crippen molar-refractivity contribution in [2.45, 2.75) is 0 Å². The Bertz CT molecular complexity index is 429. The standard InChI is InChI=1S/C8H8N4/c9-8(10)6-2-1-3-7-11-4-5-12(6)7/h1-5H,(H3,9,10). The minimum Gasteiger partial charge on any atom is -0.382 e. The zero-order valence-corrected chi connectivity index (χ0v) is 6.36. The van der Waals surface area contributed by atoms with Crippen molar-refractivity contribution >= 4 is 11.5 Å². The van der Waals surface area contributed by atoms with Crippen LogP contribution in [0.2, 0.25) is 0 Å². The van der Waals surface area contributed by atoms with Crippen molar-refractivity contribution < 1.29 is 0 Å². The summed E-state index contributed by atoms with van der Waals surface area (Å²) in [5, 5.41) is 7.29. The maximum atomic E-state index is 7.29. The van der Waals surface area contributed by atoms with Crippen LogP contribution in [0, 0.1) is 5.41 Å². The number of rotatable bonds is 1. The van der Waals surface area contributed by atoms with Gasteiger partial charge in [0.05, 0.1) is 5.69 Å². The van der Waals surface area contributed by atoms with Gasteiger partial charge in [-0.3, -0.25) is 9.81 Å². The van der Waals surface area contributed by atoms with Crippen LogP contribution < -0.4 is 5.73 Å². The SMILES string of the molecule is N=C(N)c1cccc2nccn12. The van der Waals surface area contributed by atoms with Gasteiger partial charge in [0.25, 0.3) is 0 Å². The Balaban J connectivity index is 2.82. The van der Waals surface area contributed by atoms with Crippen LogP contribution in [0.5, 0.6) is 0 Å². The number of nitrogen functional groups attached to an aromatic ring is 1. The number of fused-ring (bicyclic) bond motifs is 1. The van der Waals surface area contributed by atoms with E-state index in [1.165, 1.54) is 0 Å². The van der Waals surface area contributed by atoms with E-state index in [-0.39, 0.29) is 5.84 Å². The zero-order chi connectivity index (χ0) is 8.55. The number of pyridine rings is 1. The summed E-state index contributed by atoms with van der Waals surface area (Å²) >= 11 is 0. The van der Waals surface area contributed by atoms with Crippen LogP contribution in [0.1, 0.15) is 5.69 Å². The van der Waals surface area contributed by atoms with Crippen molar-refractivity contribution in [1.29, 1.82) is 5.41 Å². The van der Waals surface area contributed by atoms with E-state index >= 15 is 0 Å². The molecule has 0 spiro atoms. The third-order valence-corrected chi connectivity index (χ3v) is 1.70. The number of aromatic nitrogens is 2. The third-order valence-electron chi connectivity index (χ3n) is 1.70. The summed E-state index contributed by atoms with van der Waals surface area (Å²) in [6.07, 6.45) is 3.47. The van der Waals surface area contributed by atoms with Gasteiger partial charge in [0.1, 0.15) is 11.5 Å². The number of amidine groups is 1. The molecule has 0 bridgehead atoms. The maximum Gasteiger partial charge on any atom is 0.140 e. The molecule has 0 atom stereocenters. The molecule has 0 fully saturated rings. The highest BCUT2D eigenvalue weighted by atomic mass is 15.0. The number of hydrogen-bond donors (Lipinski definition) is 2. The van der Waals surface area contributed by atoms with Gasteiger partial charge in [-0.25, -0.2) is 4.98 Å². The molecular formula is C8H8N4. The molecule has 12 heavy (non-hydrogen) atoms. The predicted octanol–water partition coefficient (Wildman–Crippen LogP) is 0.618. The van der Waals surface area contributed by atoms with Gasteiger partial charge >= 0.3 is 0 Å². The lowest BCUT2D eigenvalue weighted by Gasteiger charge is -2.01. The van der Waals surface area contributed by atoms with Crippen molar-refractivity contribution in [2.75, 3.05) is 0 Å². The summed E-state index contributed by atoms with van der Waals surface area (Å²) in [4.78, 5) is 4.07. The van der Waals surface area contributed by atoms with Gasteiger partial charge in [0.15, 0.2) is 0 Å². The van der Waals surface area contributed by atoms with E-state index in [9.17, 15) is 0 Å². The van der Waals surface area contributed by atoms with Crippen molar-refractivity contribution in [1.82, 2.24) is 9.38 Å². The van der Waals surface area contributed by atoms with Crippen LogP contribution in [0.15, 0.2) is 30.6 Å². The molecule has 0 aliphatic heterocycles. The van der Waals surface area contributed by atoms with Gasteiger partial charge in [-0.1, -0.05) is 6.07 Å². The average Bonchev–Trinajstić information content (AvgIpc) is 2.49. The molecule has 2 heterocycles. The monoisotopic (exact) mass is 160 g/mol. The molecule has 4 nitrogen and oxygen atoms in total. The molecule has 0 aliphatic rings. The molecule has 0 aliphatic carbocycles. The van der Waals surface area contributed by atoms with E-state index in [4.69, 9.17) is 11.1 Å². The Kier molecular flexibility index (Phi) is 1.33. The fourth-order valence-corrected chi connectivity index (χ4v) is 1.17. The largest absolute Gasteiger partial charge is 0.382 e. The summed E-state index contributed by atoms with van der Waals surface area (Å²) in [7, 11) is 0. The summed E-state index contributed by atoms with van der Waals surface area (Å²) in [5.41, 5.74) is 6.85. The lowest BCUT2D eigenvalue weighted by atomic mass is 10.3. The Morgan fingerprint density at radius 2 is 2.33 bits per heavy atom. The molecule has 60 valence electrons. The van der Waals surface area contributed by atoms with Crippen molar-refractivity contribution in [3.8, 4) is 0 Å². The van der Waals surface area contributed by atoms with Crippen LogP contribution in [0.3, 0.4) is 0 Å². The lowest BCUT2D eigenvalue weighted by Crippen LogP contribution is -2.14. The van der Waals surface area contributed by atoms with Crippen LogP contribution in [0.4, 0.5) is 0 Å². The molecule has 4 heteroatoms. The fraction of sp³-hybridized carbons (Fsp3) is 0. The van der Waals surface area contributed by atoms with Gasteiger partial charge < -0.3 is 5.73 Å². The second-order valence-electron chi connectivity index (χ2n) is 2.48. The summed E-state index contributed by atoms with van der Waals surface area (Å²) in [6, 6.07) is 5.49. The maximum absolute atomic E-state index is 7.29. The second-order valence-corrected chi connectivity index (χ2v) is 2.48. The summed E-state index contributed by atoms with van der Waals surface area (Å²) in [5.74, 6) is 0.0543. The molecule has 2 aromatic rings. The van der Waals surface area contributed by atoms with Gasteiger partial charge in [0, 0.05) is 12.4 Å². The van der Waals surface area contributed by atoms with Gasteiger partial charge in [0.2, 0.25) is 0 Å². The quantitative estimate of drug-likeness (QED) is 0.474. The number of nitrogens with two attached hydrogens (primary N) is 1. The second kappa shape index (κ2) is 2.34. The molecule has 2 rings (SSSR count). The number of nitrogens with one attached hydrogen (secondary N) is 1. The van der Waals surface area contributed by atoms with Gasteiger partial charge in [-0.2, -0.15) is 0 Å². The molecular weight excluding hydrogens is 152 g/mol. The number of nitrogens with zero attached hydrogens (tertiary/aromatic N) is 2. The molecule has 2 aromatic heterocycles. The smallest absolute Gasteiger partial charge is 0.140 e.